The molecule has 2 aromatic carbocycles. The highest BCUT2D eigenvalue weighted by Crippen LogP contribution is 2.39. The van der Waals surface area contributed by atoms with Gasteiger partial charge in [0.15, 0.2) is 29.0 Å². The van der Waals surface area contributed by atoms with Gasteiger partial charge in [-0.1, -0.05) is 32.6 Å². The second-order valence-corrected chi connectivity index (χ2v) is 8.17. The van der Waals surface area contributed by atoms with Gasteiger partial charge in [-0.2, -0.15) is 0 Å². The van der Waals surface area contributed by atoms with Gasteiger partial charge in [-0.15, -0.1) is 0 Å². The summed E-state index contributed by atoms with van der Waals surface area (Å²) in [6.07, 6.45) is 8.82. The van der Waals surface area contributed by atoms with E-state index in [2.05, 4.69) is 6.92 Å². The van der Waals surface area contributed by atoms with Gasteiger partial charge in [0.25, 0.3) is 0 Å². The zero-order valence-corrected chi connectivity index (χ0v) is 17.1. The summed E-state index contributed by atoms with van der Waals surface area (Å²) in [7, 11) is 0. The van der Waals surface area contributed by atoms with Gasteiger partial charge in [0.1, 0.15) is 12.4 Å². The molecule has 164 valence electrons. The Balaban J connectivity index is 1.63. The second kappa shape index (κ2) is 10.3. The average molecular weight is 426 g/mol. The number of rotatable bonds is 8. The van der Waals surface area contributed by atoms with Crippen LogP contribution in [0.15, 0.2) is 24.3 Å². The lowest BCUT2D eigenvalue weighted by molar-refractivity contribution is 0.266. The Morgan fingerprint density at radius 1 is 0.767 bits per heavy atom. The van der Waals surface area contributed by atoms with E-state index in [9.17, 15) is 22.0 Å². The highest BCUT2D eigenvalue weighted by atomic mass is 19.2. The molecule has 0 heterocycles. The van der Waals surface area contributed by atoms with Crippen LogP contribution in [0.4, 0.5) is 22.0 Å². The minimum Gasteiger partial charge on any atom is -0.483 e. The third kappa shape index (κ3) is 5.52. The van der Waals surface area contributed by atoms with Crippen LogP contribution in [0.1, 0.15) is 75.3 Å². The molecule has 0 bridgehead atoms. The van der Waals surface area contributed by atoms with E-state index in [0.717, 1.165) is 25.7 Å². The van der Waals surface area contributed by atoms with E-state index < -0.39 is 41.4 Å². The number of hydrogen-bond donors (Lipinski definition) is 0. The van der Waals surface area contributed by atoms with E-state index in [1.165, 1.54) is 37.8 Å². The smallest absolute Gasteiger partial charge is 0.191 e. The first-order chi connectivity index (χ1) is 14.4. The zero-order valence-electron chi connectivity index (χ0n) is 17.1. The molecule has 0 aliphatic heterocycles. The van der Waals surface area contributed by atoms with Crippen LogP contribution in [0, 0.1) is 35.0 Å². The fourth-order valence-corrected chi connectivity index (χ4v) is 4.24. The Kier molecular flexibility index (Phi) is 7.73. The van der Waals surface area contributed by atoms with Crippen LogP contribution < -0.4 is 4.74 Å². The van der Waals surface area contributed by atoms with Crippen molar-refractivity contribution in [2.45, 2.75) is 70.8 Å². The summed E-state index contributed by atoms with van der Waals surface area (Å²) >= 11 is 0. The number of halogens is 5. The maximum Gasteiger partial charge on any atom is 0.191 e. The lowest BCUT2D eigenvalue weighted by atomic mass is 9.77. The third-order valence-electron chi connectivity index (χ3n) is 6.02. The average Bonchev–Trinajstić information content (AvgIpc) is 2.71. The van der Waals surface area contributed by atoms with Crippen molar-refractivity contribution in [1.29, 1.82) is 0 Å². The van der Waals surface area contributed by atoms with E-state index in [0.29, 0.717) is 23.6 Å². The molecule has 6 heteroatoms. The molecular weight excluding hydrogens is 399 g/mol. The molecule has 1 saturated carbocycles. The summed E-state index contributed by atoms with van der Waals surface area (Å²) in [5.74, 6) is -5.23. The van der Waals surface area contributed by atoms with E-state index >= 15 is 0 Å². The van der Waals surface area contributed by atoms with Crippen molar-refractivity contribution in [3.05, 3.63) is 64.5 Å². The second-order valence-electron chi connectivity index (χ2n) is 8.17. The fraction of sp³-hybridized carbons (Fsp3) is 0.500. The summed E-state index contributed by atoms with van der Waals surface area (Å²) in [4.78, 5) is 0. The van der Waals surface area contributed by atoms with Gasteiger partial charge in [0, 0.05) is 11.6 Å². The molecular formula is C24H27F5O. The molecule has 0 aromatic heterocycles. The quantitative estimate of drug-likeness (QED) is 0.238. The molecule has 0 N–H and O–H groups in total. The van der Waals surface area contributed by atoms with E-state index in [1.54, 1.807) is 0 Å². The van der Waals surface area contributed by atoms with Crippen molar-refractivity contribution < 1.29 is 26.7 Å². The predicted molar refractivity (Wildman–Crippen MR) is 106 cm³/mol. The van der Waals surface area contributed by atoms with Crippen LogP contribution in [-0.4, -0.2) is 0 Å². The predicted octanol–water partition coefficient (Wildman–Crippen LogP) is 7.82. The van der Waals surface area contributed by atoms with Crippen LogP contribution in [0.25, 0.3) is 0 Å². The first-order valence-electron chi connectivity index (χ1n) is 10.6. The molecule has 2 aromatic rings. The van der Waals surface area contributed by atoms with Gasteiger partial charge in [-0.3, -0.25) is 0 Å². The van der Waals surface area contributed by atoms with Crippen LogP contribution in [0.3, 0.4) is 0 Å². The Hall–Kier alpha value is -2.11. The minimum absolute atomic E-state index is 0.106. The Labute approximate surface area is 174 Å². The van der Waals surface area contributed by atoms with Crippen molar-refractivity contribution >= 4 is 0 Å². The van der Waals surface area contributed by atoms with Gasteiger partial charge in [-0.25, -0.2) is 22.0 Å². The molecule has 1 nitrogen and oxygen atoms in total. The minimum atomic E-state index is -1.34. The van der Waals surface area contributed by atoms with Crippen molar-refractivity contribution in [1.82, 2.24) is 0 Å². The van der Waals surface area contributed by atoms with Crippen LogP contribution in [-0.2, 0) is 6.61 Å². The number of benzene rings is 2. The third-order valence-corrected chi connectivity index (χ3v) is 6.02. The van der Waals surface area contributed by atoms with Crippen molar-refractivity contribution in [3.63, 3.8) is 0 Å². The first kappa shape index (κ1) is 22.6. The van der Waals surface area contributed by atoms with Crippen molar-refractivity contribution in [2.75, 3.05) is 0 Å². The van der Waals surface area contributed by atoms with E-state index in [1.807, 2.05) is 0 Å². The molecule has 3 rings (SSSR count). The van der Waals surface area contributed by atoms with Gasteiger partial charge >= 0.3 is 0 Å². The monoisotopic (exact) mass is 426 g/mol. The Bertz CT molecular complexity index is 836. The largest absolute Gasteiger partial charge is 0.483 e. The lowest BCUT2D eigenvalue weighted by Gasteiger charge is -2.29. The number of ether oxygens (including phenoxy) is 1. The van der Waals surface area contributed by atoms with Gasteiger partial charge < -0.3 is 4.74 Å². The summed E-state index contributed by atoms with van der Waals surface area (Å²) in [6, 6.07) is 3.53. The zero-order chi connectivity index (χ0) is 21.7. The van der Waals surface area contributed by atoms with Crippen molar-refractivity contribution in [2.24, 2.45) is 5.92 Å². The molecule has 0 spiro atoms. The molecule has 1 aliphatic carbocycles. The number of unbranched alkanes of at least 4 members (excludes halogenated alkanes) is 2. The standard InChI is InChI=1S/C24H27F5O/c1-2-3-4-5-15-6-8-16(9-7-15)17-10-22(28)24(23(29)11-17)30-14-18-12-20(26)21(27)13-19(18)25/h10-13,15-16H,2-9,14H2,1H3. The number of hydrogen-bond acceptors (Lipinski definition) is 1. The van der Waals surface area contributed by atoms with Crippen LogP contribution >= 0.6 is 0 Å². The molecule has 0 amide bonds. The molecule has 0 radical (unpaired) electrons. The molecule has 1 aliphatic rings. The van der Waals surface area contributed by atoms with E-state index in [4.69, 9.17) is 4.74 Å². The highest BCUT2D eigenvalue weighted by Gasteiger charge is 2.24. The summed E-state index contributed by atoms with van der Waals surface area (Å²) < 4.78 is 74.0. The molecule has 0 saturated heterocycles. The molecule has 1 fully saturated rings. The van der Waals surface area contributed by atoms with Crippen LogP contribution in [0.5, 0.6) is 5.75 Å². The Morgan fingerprint density at radius 3 is 2.03 bits per heavy atom. The van der Waals surface area contributed by atoms with Crippen LogP contribution in [0.2, 0.25) is 0 Å². The molecule has 30 heavy (non-hydrogen) atoms. The summed E-state index contributed by atoms with van der Waals surface area (Å²) in [5, 5.41) is 0. The fourth-order valence-electron chi connectivity index (χ4n) is 4.24. The molecule has 0 atom stereocenters. The highest BCUT2D eigenvalue weighted by molar-refractivity contribution is 5.34. The maximum atomic E-state index is 14.5. The summed E-state index contributed by atoms with van der Waals surface area (Å²) in [5.41, 5.74) is 0.279. The SMILES string of the molecule is CCCCCC1CCC(c2cc(F)c(OCc3cc(F)c(F)cc3F)c(F)c2)CC1. The van der Waals surface area contributed by atoms with Crippen molar-refractivity contribution in [3.8, 4) is 5.75 Å². The Morgan fingerprint density at radius 2 is 1.40 bits per heavy atom. The maximum absolute atomic E-state index is 14.5. The summed E-state index contributed by atoms with van der Waals surface area (Å²) in [6.45, 7) is 1.57. The van der Waals surface area contributed by atoms with E-state index in [-0.39, 0.29) is 11.5 Å². The van der Waals surface area contributed by atoms with Gasteiger partial charge in [0.05, 0.1) is 0 Å². The lowest BCUT2D eigenvalue weighted by Crippen LogP contribution is -2.14. The normalized spacial score (nSPS) is 19.1. The van der Waals surface area contributed by atoms with Gasteiger partial charge in [-0.05, 0) is 61.3 Å². The van der Waals surface area contributed by atoms with Gasteiger partial charge in [0.2, 0.25) is 0 Å². The topological polar surface area (TPSA) is 9.23 Å². The first-order valence-corrected chi connectivity index (χ1v) is 10.6. The molecule has 0 unspecified atom stereocenters.